The standard InChI is InChI=1S/C7H7O.3C3H8O.Ti/c1-8-7-5-3-2-4-6-7;3*1-3(2)4;/h3-6H,1H3;3*3-4H,1-2H3;/q-1;;;;. The second-order valence-electron chi connectivity index (χ2n) is 4.72. The van der Waals surface area contributed by atoms with E-state index in [4.69, 9.17) is 20.1 Å². The Hall–Kier alpha value is -0.386. The van der Waals surface area contributed by atoms with E-state index in [1.807, 2.05) is 24.3 Å². The number of rotatable bonds is 1. The molecule has 0 atom stereocenters. The van der Waals surface area contributed by atoms with Gasteiger partial charge in [0, 0.05) is 45.8 Å². The van der Waals surface area contributed by atoms with Gasteiger partial charge in [-0.3, -0.25) is 0 Å². The van der Waals surface area contributed by atoms with Crippen LogP contribution in [0.4, 0.5) is 0 Å². The molecule has 0 bridgehead atoms. The monoisotopic (exact) mass is 335 g/mol. The average Bonchev–Trinajstić information content (AvgIpc) is 2.28. The first-order valence-corrected chi connectivity index (χ1v) is 6.67. The summed E-state index contributed by atoms with van der Waals surface area (Å²) in [5.41, 5.74) is 0. The maximum absolute atomic E-state index is 8.06. The topological polar surface area (TPSA) is 69.9 Å². The number of methoxy groups -OCH3 is 1. The van der Waals surface area contributed by atoms with Crippen molar-refractivity contribution in [3.63, 3.8) is 0 Å². The fourth-order valence-electron chi connectivity index (χ4n) is 0.508. The van der Waals surface area contributed by atoms with Crippen molar-refractivity contribution in [1.29, 1.82) is 0 Å². The molecule has 0 saturated carbocycles. The van der Waals surface area contributed by atoms with Crippen LogP contribution < -0.4 is 4.74 Å². The Morgan fingerprint density at radius 2 is 1.05 bits per heavy atom. The molecule has 4 nitrogen and oxygen atoms in total. The molecule has 0 saturated heterocycles. The minimum Gasteiger partial charge on any atom is -0.522 e. The molecule has 0 aliphatic heterocycles. The predicted octanol–water partition coefficient (Wildman–Crippen LogP) is 2.65. The predicted molar refractivity (Wildman–Crippen MR) is 83.9 cm³/mol. The summed E-state index contributed by atoms with van der Waals surface area (Å²) in [6.07, 6.45) is -0.500. The number of ether oxygens (including phenoxy) is 1. The average molecular weight is 335 g/mol. The van der Waals surface area contributed by atoms with Crippen molar-refractivity contribution < 1.29 is 41.8 Å². The summed E-state index contributed by atoms with van der Waals surface area (Å²) < 4.78 is 4.89. The first-order chi connectivity index (χ1) is 9.13. The third-order valence-corrected chi connectivity index (χ3v) is 0.923. The van der Waals surface area contributed by atoms with Gasteiger partial charge in [0.2, 0.25) is 0 Å². The second-order valence-corrected chi connectivity index (χ2v) is 4.72. The summed E-state index contributed by atoms with van der Waals surface area (Å²) in [5, 5.41) is 24.2. The first kappa shape index (κ1) is 28.7. The quantitative estimate of drug-likeness (QED) is 0.545. The van der Waals surface area contributed by atoms with Gasteiger partial charge in [0.25, 0.3) is 0 Å². The number of hydrogen-bond acceptors (Lipinski definition) is 4. The molecule has 0 aliphatic rings. The van der Waals surface area contributed by atoms with Gasteiger partial charge in [-0.25, -0.2) is 0 Å². The summed E-state index contributed by atoms with van der Waals surface area (Å²) >= 11 is 0. The normalized spacial score (nSPS) is 8.43. The molecule has 0 aliphatic carbocycles. The summed E-state index contributed by atoms with van der Waals surface area (Å²) in [7, 11) is 1.65. The molecule has 0 fully saturated rings. The Morgan fingerprint density at radius 3 is 1.19 bits per heavy atom. The molecular formula is C16H31O4Ti-. The van der Waals surface area contributed by atoms with E-state index in [9.17, 15) is 0 Å². The molecule has 0 heterocycles. The van der Waals surface area contributed by atoms with Gasteiger partial charge in [-0.1, -0.05) is 0 Å². The Morgan fingerprint density at radius 1 is 0.810 bits per heavy atom. The summed E-state index contributed by atoms with van der Waals surface area (Å²) in [6, 6.07) is 10.2. The Labute approximate surface area is 145 Å². The molecule has 0 radical (unpaired) electrons. The minimum absolute atomic E-state index is 0. The molecule has 1 aromatic rings. The number of aliphatic hydroxyl groups is 3. The van der Waals surface area contributed by atoms with Crippen LogP contribution in [0.25, 0.3) is 0 Å². The van der Waals surface area contributed by atoms with E-state index < -0.39 is 0 Å². The van der Waals surface area contributed by atoms with Gasteiger partial charge in [-0.05, 0) is 41.5 Å². The zero-order valence-corrected chi connectivity index (χ0v) is 15.9. The molecule has 0 unspecified atom stereocenters. The van der Waals surface area contributed by atoms with E-state index in [0.717, 1.165) is 5.75 Å². The van der Waals surface area contributed by atoms with Crippen LogP contribution in [0.2, 0.25) is 0 Å². The second kappa shape index (κ2) is 21.9. The van der Waals surface area contributed by atoms with Crippen molar-refractivity contribution in [2.24, 2.45) is 0 Å². The van der Waals surface area contributed by atoms with Crippen molar-refractivity contribution in [2.45, 2.75) is 59.9 Å². The van der Waals surface area contributed by atoms with Gasteiger partial charge in [-0.2, -0.15) is 18.2 Å². The molecule has 1 aromatic carbocycles. The largest absolute Gasteiger partial charge is 0.522 e. The zero-order chi connectivity index (χ0) is 16.6. The van der Waals surface area contributed by atoms with Crippen LogP contribution in [-0.4, -0.2) is 40.7 Å². The van der Waals surface area contributed by atoms with E-state index in [1.165, 1.54) is 0 Å². The van der Waals surface area contributed by atoms with Crippen LogP contribution >= 0.6 is 0 Å². The van der Waals surface area contributed by atoms with Crippen molar-refractivity contribution in [3.05, 3.63) is 30.3 Å². The molecule has 0 spiro atoms. The van der Waals surface area contributed by atoms with Gasteiger partial charge in [0.1, 0.15) is 0 Å². The van der Waals surface area contributed by atoms with Crippen molar-refractivity contribution in [2.75, 3.05) is 7.11 Å². The van der Waals surface area contributed by atoms with E-state index >= 15 is 0 Å². The molecule has 124 valence electrons. The first-order valence-electron chi connectivity index (χ1n) is 6.67. The Kier molecular flexibility index (Phi) is 30.0. The van der Waals surface area contributed by atoms with E-state index in [0.29, 0.717) is 0 Å². The fourth-order valence-corrected chi connectivity index (χ4v) is 0.508. The maximum Gasteiger partial charge on any atom is 0.0743 e. The molecule has 5 heteroatoms. The Balaban J connectivity index is -0.0000000973. The zero-order valence-electron chi connectivity index (χ0n) is 14.3. The summed E-state index contributed by atoms with van der Waals surface area (Å²) in [6.45, 7) is 10.3. The van der Waals surface area contributed by atoms with Crippen molar-refractivity contribution in [3.8, 4) is 5.75 Å². The molecule has 21 heavy (non-hydrogen) atoms. The molecular weight excluding hydrogens is 304 g/mol. The number of benzene rings is 1. The minimum atomic E-state index is -0.167. The maximum atomic E-state index is 8.06. The van der Waals surface area contributed by atoms with Crippen LogP contribution in [-0.2, 0) is 21.7 Å². The number of aliphatic hydroxyl groups excluding tert-OH is 3. The van der Waals surface area contributed by atoms with Gasteiger partial charge in [0.15, 0.2) is 0 Å². The van der Waals surface area contributed by atoms with Crippen LogP contribution in [0, 0.1) is 6.07 Å². The van der Waals surface area contributed by atoms with E-state index in [1.54, 1.807) is 48.7 Å². The van der Waals surface area contributed by atoms with E-state index in [2.05, 4.69) is 6.07 Å². The van der Waals surface area contributed by atoms with Gasteiger partial charge in [0.05, 0.1) is 7.11 Å². The van der Waals surface area contributed by atoms with Crippen molar-refractivity contribution in [1.82, 2.24) is 0 Å². The van der Waals surface area contributed by atoms with Gasteiger partial charge < -0.3 is 20.1 Å². The van der Waals surface area contributed by atoms with Crippen LogP contribution in [0.1, 0.15) is 41.5 Å². The van der Waals surface area contributed by atoms with Crippen LogP contribution in [0.5, 0.6) is 5.75 Å². The molecule has 0 amide bonds. The van der Waals surface area contributed by atoms with Crippen LogP contribution in [0.15, 0.2) is 24.3 Å². The molecule has 0 aromatic heterocycles. The Bertz CT molecular complexity index is 242. The fraction of sp³-hybridized carbons (Fsp3) is 0.625. The third kappa shape index (κ3) is 65.8. The molecule has 1 rings (SSSR count). The van der Waals surface area contributed by atoms with Crippen molar-refractivity contribution >= 4 is 0 Å². The van der Waals surface area contributed by atoms with E-state index in [-0.39, 0.29) is 40.0 Å². The van der Waals surface area contributed by atoms with Crippen LogP contribution in [0.3, 0.4) is 0 Å². The summed E-state index contributed by atoms with van der Waals surface area (Å²) in [5.74, 6) is 0.878. The third-order valence-electron chi connectivity index (χ3n) is 0.923. The van der Waals surface area contributed by atoms with Gasteiger partial charge in [-0.15, -0.1) is 12.1 Å². The number of hydrogen-bond donors (Lipinski definition) is 3. The molecule has 3 N–H and O–H groups in total. The summed E-state index contributed by atoms with van der Waals surface area (Å²) in [4.78, 5) is 0. The smallest absolute Gasteiger partial charge is 0.0743 e. The van der Waals surface area contributed by atoms with Gasteiger partial charge >= 0.3 is 0 Å². The SMILES string of the molecule is CC(C)O.CC(C)O.CC(C)O.COc1cc[c-]cc1.[Ti].